The van der Waals surface area contributed by atoms with Crippen LogP contribution in [0.5, 0.6) is 0 Å². The van der Waals surface area contributed by atoms with Gasteiger partial charge in [-0.15, -0.1) is 0 Å². The first kappa shape index (κ1) is 16.3. The third kappa shape index (κ3) is 4.11. The standard InChI is InChI=1S/C15H25N3O2/c1-6-20-14(19)12-7-11(16)8-17-13(12)18-9-15(4,5)10(2)3/h7-8,10H,6,9,16H2,1-5H3,(H,17,18). The normalized spacial score (nSPS) is 11.5. The van der Waals surface area contributed by atoms with Crippen LogP contribution in [0.3, 0.4) is 0 Å². The molecule has 0 amide bonds. The summed E-state index contributed by atoms with van der Waals surface area (Å²) in [7, 11) is 0. The van der Waals surface area contributed by atoms with Crippen LogP contribution in [0.1, 0.15) is 45.0 Å². The Morgan fingerprint density at radius 2 is 2.15 bits per heavy atom. The molecule has 0 atom stereocenters. The van der Waals surface area contributed by atoms with E-state index in [2.05, 4.69) is 38.0 Å². The van der Waals surface area contributed by atoms with E-state index < -0.39 is 5.97 Å². The average Bonchev–Trinajstić information content (AvgIpc) is 2.37. The minimum Gasteiger partial charge on any atom is -0.462 e. The minimum absolute atomic E-state index is 0.0923. The van der Waals surface area contributed by atoms with E-state index in [1.165, 1.54) is 6.20 Å². The second-order valence-corrected chi connectivity index (χ2v) is 5.88. The Hall–Kier alpha value is -1.78. The van der Waals surface area contributed by atoms with Crippen LogP contribution in [0.25, 0.3) is 0 Å². The molecule has 0 saturated heterocycles. The van der Waals surface area contributed by atoms with Crippen LogP contribution >= 0.6 is 0 Å². The number of anilines is 2. The summed E-state index contributed by atoms with van der Waals surface area (Å²) in [5, 5.41) is 3.23. The van der Waals surface area contributed by atoms with Gasteiger partial charge in [-0.1, -0.05) is 27.7 Å². The lowest BCUT2D eigenvalue weighted by Gasteiger charge is -2.29. The molecule has 0 aliphatic heterocycles. The number of pyridine rings is 1. The van der Waals surface area contributed by atoms with Crippen molar-refractivity contribution in [1.29, 1.82) is 0 Å². The Kier molecular flexibility index (Phi) is 5.36. The van der Waals surface area contributed by atoms with Crippen LogP contribution in [0.15, 0.2) is 12.3 Å². The zero-order valence-electron chi connectivity index (χ0n) is 13.0. The molecule has 1 aromatic rings. The zero-order valence-corrected chi connectivity index (χ0v) is 13.0. The summed E-state index contributed by atoms with van der Waals surface area (Å²) in [6, 6.07) is 1.59. The third-order valence-corrected chi connectivity index (χ3v) is 3.68. The van der Waals surface area contributed by atoms with Crippen molar-refractivity contribution in [3.8, 4) is 0 Å². The molecule has 0 unspecified atom stereocenters. The molecule has 20 heavy (non-hydrogen) atoms. The van der Waals surface area contributed by atoms with Crippen molar-refractivity contribution in [1.82, 2.24) is 4.98 Å². The summed E-state index contributed by atoms with van der Waals surface area (Å²) in [5.41, 5.74) is 6.61. The second kappa shape index (κ2) is 6.59. The molecule has 0 spiro atoms. The quantitative estimate of drug-likeness (QED) is 0.783. The monoisotopic (exact) mass is 279 g/mol. The summed E-state index contributed by atoms with van der Waals surface area (Å²) >= 11 is 0. The van der Waals surface area contributed by atoms with Gasteiger partial charge in [-0.05, 0) is 24.3 Å². The fourth-order valence-corrected chi connectivity index (χ4v) is 1.50. The van der Waals surface area contributed by atoms with E-state index in [1.807, 2.05) is 0 Å². The van der Waals surface area contributed by atoms with Crippen LogP contribution < -0.4 is 11.1 Å². The molecule has 1 rings (SSSR count). The lowest BCUT2D eigenvalue weighted by Crippen LogP contribution is -2.29. The Morgan fingerprint density at radius 3 is 2.70 bits per heavy atom. The molecule has 5 heteroatoms. The van der Waals surface area contributed by atoms with Gasteiger partial charge in [0.05, 0.1) is 18.5 Å². The SMILES string of the molecule is CCOC(=O)c1cc(N)cnc1NCC(C)(C)C(C)C. The molecule has 0 fully saturated rings. The first-order chi connectivity index (χ1) is 9.27. The van der Waals surface area contributed by atoms with E-state index in [1.54, 1.807) is 13.0 Å². The number of nitrogens with one attached hydrogen (secondary N) is 1. The van der Waals surface area contributed by atoms with Gasteiger partial charge in [-0.3, -0.25) is 0 Å². The van der Waals surface area contributed by atoms with Crippen LogP contribution in [0.4, 0.5) is 11.5 Å². The van der Waals surface area contributed by atoms with Crippen molar-refractivity contribution in [3.05, 3.63) is 17.8 Å². The molecule has 0 aliphatic carbocycles. The largest absolute Gasteiger partial charge is 0.462 e. The summed E-state index contributed by atoms with van der Waals surface area (Å²) in [4.78, 5) is 16.1. The number of hydrogen-bond donors (Lipinski definition) is 2. The van der Waals surface area contributed by atoms with Crippen molar-refractivity contribution in [2.75, 3.05) is 24.2 Å². The molecule has 112 valence electrons. The maximum atomic E-state index is 11.9. The fraction of sp³-hybridized carbons (Fsp3) is 0.600. The number of rotatable bonds is 6. The Morgan fingerprint density at radius 1 is 1.50 bits per heavy atom. The Labute approximate surface area is 120 Å². The highest BCUT2D eigenvalue weighted by Gasteiger charge is 2.23. The van der Waals surface area contributed by atoms with Gasteiger partial charge in [0.2, 0.25) is 0 Å². The van der Waals surface area contributed by atoms with Crippen LogP contribution in [-0.4, -0.2) is 24.1 Å². The van der Waals surface area contributed by atoms with E-state index in [0.717, 1.165) is 0 Å². The lowest BCUT2D eigenvalue weighted by molar-refractivity contribution is 0.0527. The molecule has 0 bridgehead atoms. The molecule has 3 N–H and O–H groups in total. The summed E-state index contributed by atoms with van der Waals surface area (Å²) in [6.45, 7) is 11.5. The van der Waals surface area contributed by atoms with Gasteiger partial charge < -0.3 is 15.8 Å². The summed E-state index contributed by atoms with van der Waals surface area (Å²) < 4.78 is 5.03. The molecule has 0 aromatic carbocycles. The molecular formula is C15H25N3O2. The Bertz CT molecular complexity index is 470. The summed E-state index contributed by atoms with van der Waals surface area (Å²) in [5.74, 6) is 0.623. The van der Waals surface area contributed by atoms with Gasteiger partial charge in [0.1, 0.15) is 11.4 Å². The predicted molar refractivity (Wildman–Crippen MR) is 81.7 cm³/mol. The molecular weight excluding hydrogens is 254 g/mol. The van der Waals surface area contributed by atoms with E-state index in [0.29, 0.717) is 36.1 Å². The zero-order chi connectivity index (χ0) is 15.3. The second-order valence-electron chi connectivity index (χ2n) is 5.88. The van der Waals surface area contributed by atoms with Gasteiger partial charge in [0.15, 0.2) is 0 Å². The van der Waals surface area contributed by atoms with Gasteiger partial charge in [0, 0.05) is 6.54 Å². The van der Waals surface area contributed by atoms with Crippen molar-refractivity contribution < 1.29 is 9.53 Å². The molecule has 1 heterocycles. The van der Waals surface area contributed by atoms with Crippen LogP contribution in [0, 0.1) is 11.3 Å². The van der Waals surface area contributed by atoms with Gasteiger partial charge in [-0.2, -0.15) is 0 Å². The average molecular weight is 279 g/mol. The number of esters is 1. The van der Waals surface area contributed by atoms with Crippen molar-refractivity contribution in [2.24, 2.45) is 11.3 Å². The van der Waals surface area contributed by atoms with Crippen molar-refractivity contribution in [3.63, 3.8) is 0 Å². The molecule has 0 radical (unpaired) electrons. The molecule has 0 aliphatic rings. The van der Waals surface area contributed by atoms with Gasteiger partial charge in [0.25, 0.3) is 0 Å². The molecule has 1 aromatic heterocycles. The minimum atomic E-state index is -0.405. The first-order valence-corrected chi connectivity index (χ1v) is 6.94. The number of carbonyl (C=O) groups excluding carboxylic acids is 1. The van der Waals surface area contributed by atoms with E-state index in [-0.39, 0.29) is 5.41 Å². The van der Waals surface area contributed by atoms with E-state index in [4.69, 9.17) is 10.5 Å². The Balaban J connectivity index is 2.92. The number of nitrogens with two attached hydrogens (primary N) is 1. The fourth-order valence-electron chi connectivity index (χ4n) is 1.50. The van der Waals surface area contributed by atoms with Crippen LogP contribution in [0.2, 0.25) is 0 Å². The number of aromatic nitrogens is 1. The summed E-state index contributed by atoms with van der Waals surface area (Å²) in [6.07, 6.45) is 1.54. The highest BCUT2D eigenvalue weighted by molar-refractivity contribution is 5.95. The van der Waals surface area contributed by atoms with Crippen molar-refractivity contribution in [2.45, 2.75) is 34.6 Å². The number of hydrogen-bond acceptors (Lipinski definition) is 5. The van der Waals surface area contributed by atoms with E-state index in [9.17, 15) is 4.79 Å². The maximum absolute atomic E-state index is 11.9. The maximum Gasteiger partial charge on any atom is 0.341 e. The number of nitrogen functional groups attached to an aromatic ring is 1. The highest BCUT2D eigenvalue weighted by atomic mass is 16.5. The number of nitrogens with zero attached hydrogens (tertiary/aromatic N) is 1. The van der Waals surface area contributed by atoms with Crippen molar-refractivity contribution >= 4 is 17.5 Å². The third-order valence-electron chi connectivity index (χ3n) is 3.68. The van der Waals surface area contributed by atoms with E-state index >= 15 is 0 Å². The lowest BCUT2D eigenvalue weighted by atomic mass is 9.81. The van der Waals surface area contributed by atoms with Gasteiger partial charge in [-0.25, -0.2) is 9.78 Å². The topological polar surface area (TPSA) is 77.2 Å². The number of ether oxygens (including phenoxy) is 1. The number of carbonyl (C=O) groups is 1. The first-order valence-electron chi connectivity index (χ1n) is 6.94. The van der Waals surface area contributed by atoms with Gasteiger partial charge >= 0.3 is 5.97 Å². The predicted octanol–water partition coefficient (Wildman–Crippen LogP) is 2.93. The van der Waals surface area contributed by atoms with Crippen LogP contribution in [-0.2, 0) is 4.74 Å². The smallest absolute Gasteiger partial charge is 0.341 e. The molecule has 0 saturated carbocycles. The highest BCUT2D eigenvalue weighted by Crippen LogP contribution is 2.27. The molecule has 5 nitrogen and oxygen atoms in total.